The molecular formula is C16H26N2O. The van der Waals surface area contributed by atoms with Gasteiger partial charge in [0.1, 0.15) is 0 Å². The molecular weight excluding hydrogens is 236 g/mol. The van der Waals surface area contributed by atoms with Crippen LogP contribution in [0.2, 0.25) is 0 Å². The second-order valence-electron chi connectivity index (χ2n) is 5.88. The number of rotatable bonds is 2. The first kappa shape index (κ1) is 14.4. The summed E-state index contributed by atoms with van der Waals surface area (Å²) in [6.45, 7) is 8.77. The first-order chi connectivity index (χ1) is 9.02. The fraction of sp³-hybridized carbons (Fsp3) is 0.625. The van der Waals surface area contributed by atoms with Gasteiger partial charge < -0.3 is 10.0 Å². The summed E-state index contributed by atoms with van der Waals surface area (Å²) in [5.74, 6) is 0. The van der Waals surface area contributed by atoms with Crippen LogP contribution in [-0.4, -0.2) is 48.8 Å². The third kappa shape index (κ3) is 3.10. The molecule has 106 valence electrons. The Morgan fingerprint density at radius 3 is 2.63 bits per heavy atom. The molecule has 0 spiro atoms. The van der Waals surface area contributed by atoms with Crippen molar-refractivity contribution in [3.8, 4) is 0 Å². The maximum Gasteiger partial charge on any atom is 0.0604 e. The summed E-state index contributed by atoms with van der Waals surface area (Å²) in [4.78, 5) is 4.72. The van der Waals surface area contributed by atoms with E-state index in [-0.39, 0.29) is 12.6 Å². The Morgan fingerprint density at radius 1 is 1.26 bits per heavy atom. The van der Waals surface area contributed by atoms with Crippen molar-refractivity contribution in [3.05, 3.63) is 29.3 Å². The van der Waals surface area contributed by atoms with Crippen LogP contribution in [0, 0.1) is 13.8 Å². The van der Waals surface area contributed by atoms with Gasteiger partial charge in [0, 0.05) is 30.9 Å². The maximum atomic E-state index is 9.57. The molecule has 1 aliphatic rings. The molecule has 2 rings (SSSR count). The fourth-order valence-corrected chi connectivity index (χ4v) is 2.74. The molecule has 0 bridgehead atoms. The van der Waals surface area contributed by atoms with Gasteiger partial charge in [-0.25, -0.2) is 0 Å². The lowest BCUT2D eigenvalue weighted by molar-refractivity contribution is 0.159. The van der Waals surface area contributed by atoms with E-state index in [2.05, 4.69) is 55.8 Å². The van der Waals surface area contributed by atoms with Crippen molar-refractivity contribution in [1.29, 1.82) is 0 Å². The standard InChI is InChI=1S/C16H26N2O/c1-12-5-6-15(9-13(12)2)18-10-16(11-19)17(4)8-7-14(18)3/h5-6,9,14,16,19H,7-8,10-11H2,1-4H3. The second-order valence-corrected chi connectivity index (χ2v) is 5.88. The Morgan fingerprint density at radius 2 is 2.00 bits per heavy atom. The molecule has 2 unspecified atom stereocenters. The van der Waals surface area contributed by atoms with Crippen LogP contribution in [0.1, 0.15) is 24.5 Å². The van der Waals surface area contributed by atoms with Crippen molar-refractivity contribution < 1.29 is 5.11 Å². The first-order valence-electron chi connectivity index (χ1n) is 7.18. The van der Waals surface area contributed by atoms with Crippen LogP contribution >= 0.6 is 0 Å². The zero-order valence-corrected chi connectivity index (χ0v) is 12.6. The van der Waals surface area contributed by atoms with Gasteiger partial charge >= 0.3 is 0 Å². The third-order valence-corrected chi connectivity index (χ3v) is 4.50. The third-order valence-electron chi connectivity index (χ3n) is 4.50. The van der Waals surface area contributed by atoms with Gasteiger partial charge in [-0.2, -0.15) is 0 Å². The number of aryl methyl sites for hydroxylation is 2. The number of likely N-dealkylation sites (N-methyl/N-ethyl adjacent to an activating group) is 1. The van der Waals surface area contributed by atoms with Gasteiger partial charge in [-0.15, -0.1) is 0 Å². The minimum atomic E-state index is 0.227. The Labute approximate surface area is 116 Å². The molecule has 0 amide bonds. The monoisotopic (exact) mass is 262 g/mol. The Balaban J connectivity index is 2.27. The Bertz CT molecular complexity index is 433. The van der Waals surface area contributed by atoms with E-state index in [1.807, 2.05) is 0 Å². The molecule has 0 aromatic heterocycles. The van der Waals surface area contributed by atoms with E-state index in [0.29, 0.717) is 6.04 Å². The van der Waals surface area contributed by atoms with Crippen LogP contribution in [-0.2, 0) is 0 Å². The zero-order valence-electron chi connectivity index (χ0n) is 12.6. The molecule has 1 aliphatic heterocycles. The number of hydrogen-bond donors (Lipinski definition) is 1. The van der Waals surface area contributed by atoms with Gasteiger partial charge in [0.25, 0.3) is 0 Å². The lowest BCUT2D eigenvalue weighted by Crippen LogP contribution is -2.43. The van der Waals surface area contributed by atoms with Gasteiger partial charge in [0.15, 0.2) is 0 Å². The number of aliphatic hydroxyl groups excluding tert-OH is 1. The average molecular weight is 262 g/mol. The summed E-state index contributed by atoms with van der Waals surface area (Å²) in [5, 5.41) is 9.57. The van der Waals surface area contributed by atoms with E-state index in [4.69, 9.17) is 0 Å². The van der Waals surface area contributed by atoms with Gasteiger partial charge in [0.05, 0.1) is 6.61 Å². The van der Waals surface area contributed by atoms with Crippen LogP contribution in [0.4, 0.5) is 5.69 Å². The maximum absolute atomic E-state index is 9.57. The predicted octanol–water partition coefficient (Wildman–Crippen LogP) is 2.19. The van der Waals surface area contributed by atoms with Crippen LogP contribution in [0.5, 0.6) is 0 Å². The van der Waals surface area contributed by atoms with Gasteiger partial charge in [-0.05, 0) is 57.5 Å². The van der Waals surface area contributed by atoms with E-state index in [1.54, 1.807) is 0 Å². The van der Waals surface area contributed by atoms with Gasteiger partial charge in [-0.1, -0.05) is 6.07 Å². The molecule has 2 atom stereocenters. The van der Waals surface area contributed by atoms with Crippen LogP contribution < -0.4 is 4.90 Å². The molecule has 19 heavy (non-hydrogen) atoms. The van der Waals surface area contributed by atoms with Gasteiger partial charge in [0.2, 0.25) is 0 Å². The number of hydrogen-bond acceptors (Lipinski definition) is 3. The van der Waals surface area contributed by atoms with Crippen LogP contribution in [0.15, 0.2) is 18.2 Å². The van der Waals surface area contributed by atoms with Gasteiger partial charge in [-0.3, -0.25) is 4.90 Å². The summed E-state index contributed by atoms with van der Waals surface area (Å²) >= 11 is 0. The highest BCUT2D eigenvalue weighted by atomic mass is 16.3. The minimum Gasteiger partial charge on any atom is -0.395 e. The van der Waals surface area contributed by atoms with Crippen molar-refractivity contribution in [2.75, 3.05) is 31.6 Å². The van der Waals surface area contributed by atoms with Crippen LogP contribution in [0.25, 0.3) is 0 Å². The summed E-state index contributed by atoms with van der Waals surface area (Å²) < 4.78 is 0. The highest BCUT2D eigenvalue weighted by Crippen LogP contribution is 2.24. The van der Waals surface area contributed by atoms with Crippen molar-refractivity contribution in [2.45, 2.75) is 39.3 Å². The van der Waals surface area contributed by atoms with Crippen molar-refractivity contribution in [3.63, 3.8) is 0 Å². The average Bonchev–Trinajstić information content (AvgIpc) is 2.53. The number of aliphatic hydroxyl groups is 1. The van der Waals surface area contributed by atoms with E-state index in [1.165, 1.54) is 16.8 Å². The van der Waals surface area contributed by atoms with Crippen molar-refractivity contribution >= 4 is 5.69 Å². The molecule has 1 saturated heterocycles. The minimum absolute atomic E-state index is 0.227. The molecule has 1 aromatic carbocycles. The first-order valence-corrected chi connectivity index (χ1v) is 7.18. The van der Waals surface area contributed by atoms with E-state index in [0.717, 1.165) is 19.5 Å². The normalized spacial score (nSPS) is 25.4. The quantitative estimate of drug-likeness (QED) is 0.885. The molecule has 0 saturated carbocycles. The van der Waals surface area contributed by atoms with E-state index in [9.17, 15) is 5.11 Å². The molecule has 1 N–H and O–H groups in total. The molecule has 1 heterocycles. The highest BCUT2D eigenvalue weighted by molar-refractivity contribution is 5.51. The topological polar surface area (TPSA) is 26.7 Å². The molecule has 1 aromatic rings. The Kier molecular flexibility index (Phi) is 4.48. The summed E-state index contributed by atoms with van der Waals surface area (Å²) in [5.41, 5.74) is 3.95. The lowest BCUT2D eigenvalue weighted by atomic mass is 10.1. The SMILES string of the molecule is Cc1ccc(N2CC(CO)N(C)CCC2C)cc1C. The molecule has 3 heteroatoms. The summed E-state index contributed by atoms with van der Waals surface area (Å²) in [7, 11) is 2.11. The molecule has 0 aliphatic carbocycles. The van der Waals surface area contributed by atoms with E-state index >= 15 is 0 Å². The van der Waals surface area contributed by atoms with Crippen molar-refractivity contribution in [2.24, 2.45) is 0 Å². The Hall–Kier alpha value is -1.06. The smallest absolute Gasteiger partial charge is 0.0604 e. The largest absolute Gasteiger partial charge is 0.395 e. The lowest BCUT2D eigenvalue weighted by Gasteiger charge is -2.32. The number of benzene rings is 1. The van der Waals surface area contributed by atoms with Crippen LogP contribution in [0.3, 0.4) is 0 Å². The fourth-order valence-electron chi connectivity index (χ4n) is 2.74. The molecule has 3 nitrogen and oxygen atoms in total. The number of anilines is 1. The molecule has 1 fully saturated rings. The van der Waals surface area contributed by atoms with Crippen molar-refractivity contribution in [1.82, 2.24) is 4.90 Å². The van der Waals surface area contributed by atoms with E-state index < -0.39 is 0 Å². The summed E-state index contributed by atoms with van der Waals surface area (Å²) in [6.07, 6.45) is 1.14. The second kappa shape index (κ2) is 5.93. The highest BCUT2D eigenvalue weighted by Gasteiger charge is 2.26. The predicted molar refractivity (Wildman–Crippen MR) is 80.8 cm³/mol. The number of nitrogens with zero attached hydrogens (tertiary/aromatic N) is 2. The zero-order chi connectivity index (χ0) is 14.0. The summed E-state index contributed by atoms with van der Waals surface area (Å²) in [6, 6.07) is 7.41. The molecule has 0 radical (unpaired) electrons.